The number of rotatable bonds is 5. The van der Waals surface area contributed by atoms with E-state index < -0.39 is 50.0 Å². The summed E-state index contributed by atoms with van der Waals surface area (Å²) in [5.74, 6) is -1.34. The number of likely N-dealkylation sites (tertiary alicyclic amines) is 1. The Morgan fingerprint density at radius 2 is 1.47 bits per heavy atom. The van der Waals surface area contributed by atoms with Crippen molar-refractivity contribution >= 4 is 15.7 Å². The zero-order chi connectivity index (χ0) is 33.7. The molecule has 15 heteroatoms. The molecule has 2 aromatic carbocycles. The Bertz CT molecular complexity index is 1650. The molecule has 47 heavy (non-hydrogen) atoms. The number of nitrogens with zero attached hydrogens (tertiary/aromatic N) is 2. The lowest BCUT2D eigenvalue weighted by Crippen LogP contribution is -2.58. The van der Waals surface area contributed by atoms with Gasteiger partial charge in [0.1, 0.15) is 10.6 Å². The van der Waals surface area contributed by atoms with E-state index in [1.54, 1.807) is 0 Å². The number of alkyl halides is 7. The predicted molar refractivity (Wildman–Crippen MR) is 151 cm³/mol. The van der Waals surface area contributed by atoms with Gasteiger partial charge in [0.05, 0.1) is 30.2 Å². The molecule has 0 saturated carbocycles. The number of carbonyl (C=O) groups excluding carboxylic acids is 1. The van der Waals surface area contributed by atoms with Gasteiger partial charge in [0.15, 0.2) is 9.84 Å². The summed E-state index contributed by atoms with van der Waals surface area (Å²) in [5, 5.41) is 0. The molecule has 0 unspecified atom stereocenters. The van der Waals surface area contributed by atoms with Crippen LogP contribution in [0.4, 0.5) is 35.1 Å². The molecule has 0 N–H and O–H groups in total. The average molecular weight is 693 g/mol. The second-order valence-corrected chi connectivity index (χ2v) is 15.6. The number of amides is 1. The summed E-state index contributed by atoms with van der Waals surface area (Å²) in [7, 11) is -4.54. The number of carbonyl (C=O) groups is 1. The minimum Gasteiger partial charge on any atom is -0.378 e. The van der Waals surface area contributed by atoms with E-state index in [-0.39, 0.29) is 65.7 Å². The SMILES string of the molecule is O=C([C@@H]1C[C@H]2CC[C@@H](C1)N2C1COC1)N1CC[C@@]2(S(=O)(=O)c3ccc(F)cc3)c3ccc(C(F)(C(F)(F)F)C(F)(F)F)cc3CC[C@@H]12. The van der Waals surface area contributed by atoms with E-state index in [1.165, 1.54) is 4.90 Å². The fourth-order valence-electron chi connectivity index (χ4n) is 8.96. The maximum atomic E-state index is 15.1. The van der Waals surface area contributed by atoms with Crippen LogP contribution in [-0.4, -0.2) is 80.4 Å². The molecule has 2 bridgehead atoms. The summed E-state index contributed by atoms with van der Waals surface area (Å²) in [6.45, 7) is 1.26. The molecule has 4 aliphatic heterocycles. The van der Waals surface area contributed by atoms with Crippen molar-refractivity contribution in [1.29, 1.82) is 0 Å². The van der Waals surface area contributed by atoms with Gasteiger partial charge in [0.25, 0.3) is 0 Å². The molecule has 1 amide bonds. The van der Waals surface area contributed by atoms with Crippen LogP contribution in [0.15, 0.2) is 47.4 Å². The Balaban J connectivity index is 1.29. The van der Waals surface area contributed by atoms with Crippen LogP contribution in [0.3, 0.4) is 0 Å². The van der Waals surface area contributed by atoms with Gasteiger partial charge in [-0.2, -0.15) is 26.3 Å². The quantitative estimate of drug-likeness (QED) is 0.286. The number of aryl methyl sites for hydroxylation is 1. The lowest BCUT2D eigenvalue weighted by Gasteiger charge is -2.47. The summed E-state index contributed by atoms with van der Waals surface area (Å²) < 4.78 is 143. The number of benzene rings is 2. The third kappa shape index (κ3) is 4.68. The van der Waals surface area contributed by atoms with Crippen LogP contribution in [0.25, 0.3) is 0 Å². The molecule has 0 radical (unpaired) electrons. The standard InChI is InChI=1S/C32H32F8N2O4S/c33-21-3-7-25(8-4-21)47(44,45)29-11-12-41(28(43)19-14-22-5-6-23(15-19)42(22)24-16-46-17-24)27(29)10-1-18-13-20(2-9-26(18)29)30(34,31(35,36)37)32(38,39)40/h2-4,7-9,13,19,22-24,27H,1,5-6,10-12,14-17H2/t19-,22-,23+,27-,29-/m1/s1. The molecule has 4 fully saturated rings. The molecule has 4 heterocycles. The molecule has 6 nitrogen and oxygen atoms in total. The van der Waals surface area contributed by atoms with Gasteiger partial charge < -0.3 is 9.64 Å². The fraction of sp³-hybridized carbons (Fsp3) is 0.594. The van der Waals surface area contributed by atoms with Crippen LogP contribution in [0.1, 0.15) is 55.2 Å². The average Bonchev–Trinajstić information content (AvgIpc) is 3.49. The van der Waals surface area contributed by atoms with Crippen molar-refractivity contribution in [3.05, 3.63) is 65.0 Å². The van der Waals surface area contributed by atoms with Gasteiger partial charge in [-0.1, -0.05) is 18.2 Å². The fourth-order valence-corrected chi connectivity index (χ4v) is 11.3. The lowest BCUT2D eigenvalue weighted by molar-refractivity contribution is -0.348. The number of ether oxygens (including phenoxy) is 1. The van der Waals surface area contributed by atoms with Crippen molar-refractivity contribution in [3.8, 4) is 0 Å². The number of sulfone groups is 1. The van der Waals surface area contributed by atoms with Crippen molar-refractivity contribution in [1.82, 2.24) is 9.80 Å². The number of halogens is 8. The van der Waals surface area contributed by atoms with Crippen LogP contribution in [0, 0.1) is 11.7 Å². The highest BCUT2D eigenvalue weighted by molar-refractivity contribution is 7.92. The van der Waals surface area contributed by atoms with Crippen molar-refractivity contribution < 1.29 is 53.1 Å². The van der Waals surface area contributed by atoms with Crippen LogP contribution in [0.5, 0.6) is 0 Å². The summed E-state index contributed by atoms with van der Waals surface area (Å²) >= 11 is 0. The molecule has 5 atom stereocenters. The maximum Gasteiger partial charge on any atom is 0.435 e. The normalized spacial score (nSPS) is 30.2. The molecule has 256 valence electrons. The Kier molecular flexibility index (Phi) is 7.57. The highest BCUT2D eigenvalue weighted by Crippen LogP contribution is 2.57. The summed E-state index contributed by atoms with van der Waals surface area (Å²) in [6, 6.07) is 5.25. The molecule has 4 saturated heterocycles. The van der Waals surface area contributed by atoms with E-state index in [2.05, 4.69) is 4.90 Å². The monoisotopic (exact) mass is 692 g/mol. The highest BCUT2D eigenvalue weighted by atomic mass is 32.2. The zero-order valence-corrected chi connectivity index (χ0v) is 25.8. The molecule has 0 spiro atoms. The Hall–Kier alpha value is -2.78. The third-order valence-corrected chi connectivity index (χ3v) is 13.7. The third-order valence-electron chi connectivity index (χ3n) is 11.1. The molecule has 5 aliphatic rings. The zero-order valence-electron chi connectivity index (χ0n) is 25.0. The van der Waals surface area contributed by atoms with Gasteiger partial charge in [-0.25, -0.2) is 17.2 Å². The van der Waals surface area contributed by atoms with Gasteiger partial charge in [-0.05, 0) is 80.3 Å². The highest BCUT2D eigenvalue weighted by Gasteiger charge is 2.74. The van der Waals surface area contributed by atoms with Crippen molar-refractivity contribution in [2.24, 2.45) is 5.92 Å². The summed E-state index contributed by atoms with van der Waals surface area (Å²) in [6.07, 6.45) is -10.1. The molecule has 1 aliphatic carbocycles. The van der Waals surface area contributed by atoms with E-state index >= 15 is 4.39 Å². The Labute approximate surface area is 266 Å². The Morgan fingerprint density at radius 1 is 0.851 bits per heavy atom. The predicted octanol–water partition coefficient (Wildman–Crippen LogP) is 5.97. The minimum absolute atomic E-state index is 0.0186. The van der Waals surface area contributed by atoms with Gasteiger partial charge in [-0.3, -0.25) is 9.69 Å². The Morgan fingerprint density at radius 3 is 2.02 bits per heavy atom. The van der Waals surface area contributed by atoms with Gasteiger partial charge in [-0.15, -0.1) is 0 Å². The first-order chi connectivity index (χ1) is 22.0. The molecule has 2 aromatic rings. The van der Waals surface area contributed by atoms with Crippen LogP contribution in [0.2, 0.25) is 0 Å². The van der Waals surface area contributed by atoms with Crippen molar-refractivity contribution in [2.45, 2.75) is 96.8 Å². The van der Waals surface area contributed by atoms with E-state index in [0.29, 0.717) is 44.2 Å². The summed E-state index contributed by atoms with van der Waals surface area (Å²) in [5.41, 5.74) is -7.65. The number of hydrogen-bond acceptors (Lipinski definition) is 5. The number of fused-ring (bicyclic) bond motifs is 5. The molecule has 0 aromatic heterocycles. The van der Waals surface area contributed by atoms with E-state index in [1.807, 2.05) is 0 Å². The topological polar surface area (TPSA) is 66.9 Å². The van der Waals surface area contributed by atoms with Gasteiger partial charge >= 0.3 is 18.0 Å². The second kappa shape index (κ2) is 10.9. The van der Waals surface area contributed by atoms with E-state index in [4.69, 9.17) is 4.74 Å². The largest absolute Gasteiger partial charge is 0.435 e. The number of hydrogen-bond donors (Lipinski definition) is 0. The lowest BCUT2D eigenvalue weighted by atomic mass is 9.76. The van der Waals surface area contributed by atoms with E-state index in [0.717, 1.165) is 43.2 Å². The van der Waals surface area contributed by atoms with Gasteiger partial charge in [0, 0.05) is 30.1 Å². The van der Waals surface area contributed by atoms with Crippen molar-refractivity contribution in [3.63, 3.8) is 0 Å². The molecular weight excluding hydrogens is 660 g/mol. The molecular formula is C32H32F8N2O4S. The second-order valence-electron chi connectivity index (χ2n) is 13.4. The van der Waals surface area contributed by atoms with E-state index in [9.17, 15) is 43.9 Å². The van der Waals surface area contributed by atoms with Gasteiger partial charge in [0.2, 0.25) is 5.91 Å². The van der Waals surface area contributed by atoms with Crippen LogP contribution < -0.4 is 0 Å². The number of piperidine rings is 1. The van der Waals surface area contributed by atoms with Crippen LogP contribution >= 0.6 is 0 Å². The maximum absolute atomic E-state index is 15.1. The first-order valence-electron chi connectivity index (χ1n) is 15.6. The van der Waals surface area contributed by atoms with Crippen LogP contribution in [-0.2, 0) is 36.2 Å². The minimum atomic E-state index is -6.34. The molecule has 7 rings (SSSR count). The van der Waals surface area contributed by atoms with Crippen molar-refractivity contribution in [2.75, 3.05) is 19.8 Å². The first-order valence-corrected chi connectivity index (χ1v) is 17.1. The smallest absolute Gasteiger partial charge is 0.378 e. The first kappa shape index (κ1) is 32.8. The summed E-state index contributed by atoms with van der Waals surface area (Å²) in [4.78, 5) is 17.9.